The molecule has 0 atom stereocenters. The van der Waals surface area contributed by atoms with Crippen LogP contribution < -0.4 is 5.32 Å². The van der Waals surface area contributed by atoms with Crippen LogP contribution in [-0.2, 0) is 4.79 Å². The van der Waals surface area contributed by atoms with Gasteiger partial charge >= 0.3 is 0 Å². The molecule has 0 saturated heterocycles. The Morgan fingerprint density at radius 2 is 1.62 bits per heavy atom. The highest BCUT2D eigenvalue weighted by Gasteiger charge is 2.10. The lowest BCUT2D eigenvalue weighted by Crippen LogP contribution is -2.19. The van der Waals surface area contributed by atoms with Gasteiger partial charge in [0.05, 0.1) is 0 Å². The van der Waals surface area contributed by atoms with Gasteiger partial charge in [0.2, 0.25) is 0 Å². The molecule has 0 heterocycles. The van der Waals surface area contributed by atoms with Crippen molar-refractivity contribution < 1.29 is 4.79 Å². The Hall–Kier alpha value is -3.31. The molecule has 1 amide bonds. The summed E-state index contributed by atoms with van der Waals surface area (Å²) in [4.78, 5) is 11.8. The van der Waals surface area contributed by atoms with E-state index in [0.29, 0.717) is 5.57 Å². The van der Waals surface area contributed by atoms with Crippen LogP contribution in [0.5, 0.6) is 0 Å². The van der Waals surface area contributed by atoms with Gasteiger partial charge in [-0.25, -0.2) is 0 Å². The minimum absolute atomic E-state index is 0.199. The first-order chi connectivity index (χ1) is 11.7. The second-order valence-corrected chi connectivity index (χ2v) is 5.42. The molecule has 0 aliphatic heterocycles. The van der Waals surface area contributed by atoms with Crippen molar-refractivity contribution in [1.29, 1.82) is 0 Å². The van der Waals surface area contributed by atoms with Crippen molar-refractivity contribution in [2.75, 3.05) is 7.05 Å². The topological polar surface area (TPSA) is 29.1 Å². The molecule has 0 bridgehead atoms. The first kappa shape index (κ1) is 15.6. The van der Waals surface area contributed by atoms with Crippen LogP contribution in [0.3, 0.4) is 0 Å². The quantitative estimate of drug-likeness (QED) is 0.562. The molecule has 0 radical (unpaired) electrons. The van der Waals surface area contributed by atoms with Crippen LogP contribution >= 0.6 is 0 Å². The van der Waals surface area contributed by atoms with Crippen LogP contribution in [0, 0.1) is 11.8 Å². The molecule has 3 rings (SSSR count). The lowest BCUT2D eigenvalue weighted by Gasteiger charge is -2.06. The lowest BCUT2D eigenvalue weighted by molar-refractivity contribution is -0.115. The number of hydrogen-bond acceptors (Lipinski definition) is 1. The summed E-state index contributed by atoms with van der Waals surface area (Å²) < 4.78 is 0. The van der Waals surface area contributed by atoms with Gasteiger partial charge < -0.3 is 5.32 Å². The Balaban J connectivity index is 1.98. The molecule has 0 aliphatic rings. The predicted molar refractivity (Wildman–Crippen MR) is 99.5 cm³/mol. The number of likely N-dealkylation sites (N-methyl/N-ethyl adjacent to an activating group) is 1. The predicted octanol–water partition coefficient (Wildman–Crippen LogP) is 4.00. The van der Waals surface area contributed by atoms with E-state index < -0.39 is 0 Å². The molecule has 2 nitrogen and oxygen atoms in total. The zero-order valence-electron chi connectivity index (χ0n) is 13.5. The van der Waals surface area contributed by atoms with Crippen LogP contribution in [0.2, 0.25) is 0 Å². The van der Waals surface area contributed by atoms with Crippen molar-refractivity contribution in [3.63, 3.8) is 0 Å². The van der Waals surface area contributed by atoms with Gasteiger partial charge in [0.1, 0.15) is 0 Å². The largest absolute Gasteiger partial charge is 0.355 e. The summed E-state index contributed by atoms with van der Waals surface area (Å²) in [5.74, 6) is 6.15. The molecular formula is C22H17NO. The SMILES string of the molecule is C=C(C(=O)NC)c1ccccc1C#Cc1ccc2ccccc2c1. The van der Waals surface area contributed by atoms with Crippen molar-refractivity contribution >= 4 is 22.3 Å². The van der Waals surface area contributed by atoms with Crippen LogP contribution in [0.4, 0.5) is 0 Å². The Morgan fingerprint density at radius 1 is 0.917 bits per heavy atom. The highest BCUT2D eigenvalue weighted by Crippen LogP contribution is 2.18. The molecule has 0 unspecified atom stereocenters. The minimum atomic E-state index is -0.199. The van der Waals surface area contributed by atoms with E-state index in [1.54, 1.807) is 7.05 Å². The van der Waals surface area contributed by atoms with Crippen molar-refractivity contribution in [3.05, 3.63) is 90.0 Å². The smallest absolute Gasteiger partial charge is 0.251 e. The number of carbonyl (C=O) groups excluding carboxylic acids is 1. The third-order valence-corrected chi connectivity index (χ3v) is 3.84. The van der Waals surface area contributed by atoms with Gasteiger partial charge in [-0.2, -0.15) is 0 Å². The second-order valence-electron chi connectivity index (χ2n) is 5.42. The average molecular weight is 311 g/mol. The van der Waals surface area contributed by atoms with E-state index in [-0.39, 0.29) is 5.91 Å². The first-order valence-corrected chi connectivity index (χ1v) is 7.70. The average Bonchev–Trinajstić information content (AvgIpc) is 2.65. The van der Waals surface area contributed by atoms with Crippen LogP contribution in [0.25, 0.3) is 16.3 Å². The van der Waals surface area contributed by atoms with Gasteiger partial charge in [0.15, 0.2) is 0 Å². The highest BCUT2D eigenvalue weighted by atomic mass is 16.1. The van der Waals surface area contributed by atoms with Crippen molar-refractivity contribution in [1.82, 2.24) is 5.32 Å². The standard InChI is InChI=1S/C22H17NO/c1-16(22(24)23-2)21-10-6-5-8-19(21)14-12-17-11-13-18-7-3-4-9-20(18)15-17/h3-11,13,15H,1H2,2H3,(H,23,24). The number of benzene rings is 3. The van der Waals surface area contributed by atoms with Gasteiger partial charge in [-0.1, -0.05) is 67.0 Å². The fourth-order valence-corrected chi connectivity index (χ4v) is 2.54. The van der Waals surface area contributed by atoms with E-state index in [1.807, 2.05) is 42.5 Å². The molecule has 0 fully saturated rings. The van der Waals surface area contributed by atoms with Crippen LogP contribution in [0.1, 0.15) is 16.7 Å². The number of rotatable bonds is 2. The first-order valence-electron chi connectivity index (χ1n) is 7.70. The molecule has 116 valence electrons. The summed E-state index contributed by atoms with van der Waals surface area (Å²) >= 11 is 0. The van der Waals surface area contributed by atoms with Crippen molar-refractivity contribution in [3.8, 4) is 11.8 Å². The van der Waals surface area contributed by atoms with Gasteiger partial charge in [-0.05, 0) is 29.0 Å². The second kappa shape index (κ2) is 6.85. The van der Waals surface area contributed by atoms with Gasteiger partial charge in [-0.15, -0.1) is 0 Å². The van der Waals surface area contributed by atoms with E-state index >= 15 is 0 Å². The molecule has 0 spiro atoms. The molecule has 0 saturated carbocycles. The number of nitrogens with one attached hydrogen (secondary N) is 1. The van der Waals surface area contributed by atoms with E-state index in [2.05, 4.69) is 48.0 Å². The Kier molecular flexibility index (Phi) is 4.45. The summed E-state index contributed by atoms with van der Waals surface area (Å²) in [6, 6.07) is 21.9. The van der Waals surface area contributed by atoms with Gasteiger partial charge in [0, 0.05) is 29.3 Å². The van der Waals surface area contributed by atoms with E-state index in [4.69, 9.17) is 0 Å². The molecule has 0 aliphatic carbocycles. The molecule has 3 aromatic rings. The van der Waals surface area contributed by atoms with E-state index in [9.17, 15) is 4.79 Å². The summed E-state index contributed by atoms with van der Waals surface area (Å²) in [5, 5.41) is 4.95. The monoisotopic (exact) mass is 311 g/mol. The molecule has 0 aromatic heterocycles. The maximum Gasteiger partial charge on any atom is 0.251 e. The molecule has 24 heavy (non-hydrogen) atoms. The Labute approximate surface area is 141 Å². The molecule has 3 aromatic carbocycles. The maximum absolute atomic E-state index is 11.8. The van der Waals surface area contributed by atoms with Gasteiger partial charge in [-0.3, -0.25) is 4.79 Å². The lowest BCUT2D eigenvalue weighted by atomic mass is 10.00. The Bertz CT molecular complexity index is 989. The summed E-state index contributed by atoms with van der Waals surface area (Å²) in [7, 11) is 1.59. The zero-order chi connectivity index (χ0) is 16.9. The number of hydrogen-bond donors (Lipinski definition) is 1. The Morgan fingerprint density at radius 3 is 2.42 bits per heavy atom. The summed E-state index contributed by atoms with van der Waals surface area (Å²) in [6.07, 6.45) is 0. The number of amides is 1. The number of carbonyl (C=O) groups is 1. The van der Waals surface area contributed by atoms with Crippen molar-refractivity contribution in [2.24, 2.45) is 0 Å². The summed E-state index contributed by atoms with van der Waals surface area (Å²) in [5.41, 5.74) is 2.90. The fourth-order valence-electron chi connectivity index (χ4n) is 2.54. The van der Waals surface area contributed by atoms with Crippen LogP contribution in [0.15, 0.2) is 73.3 Å². The van der Waals surface area contributed by atoms with E-state index in [0.717, 1.165) is 22.1 Å². The maximum atomic E-state index is 11.8. The highest BCUT2D eigenvalue weighted by molar-refractivity contribution is 6.19. The third kappa shape index (κ3) is 3.21. The summed E-state index contributed by atoms with van der Waals surface area (Å²) in [6.45, 7) is 3.87. The fraction of sp³-hybridized carbons (Fsp3) is 0.0455. The third-order valence-electron chi connectivity index (χ3n) is 3.84. The van der Waals surface area contributed by atoms with Crippen LogP contribution in [-0.4, -0.2) is 13.0 Å². The van der Waals surface area contributed by atoms with Gasteiger partial charge in [0.25, 0.3) is 5.91 Å². The van der Waals surface area contributed by atoms with Crippen molar-refractivity contribution in [2.45, 2.75) is 0 Å². The zero-order valence-corrected chi connectivity index (χ0v) is 13.5. The molecule has 1 N–H and O–H groups in total. The number of fused-ring (bicyclic) bond motifs is 1. The normalized spacial score (nSPS) is 9.88. The molecule has 2 heteroatoms. The minimum Gasteiger partial charge on any atom is -0.355 e. The molecular weight excluding hydrogens is 294 g/mol. The van der Waals surface area contributed by atoms with E-state index in [1.165, 1.54) is 5.39 Å².